The van der Waals surface area contributed by atoms with Crippen LogP contribution in [0, 0.1) is 5.82 Å². The largest absolute Gasteiger partial charge is 0.493 e. The Morgan fingerprint density at radius 1 is 1.07 bits per heavy atom. The minimum Gasteiger partial charge on any atom is -0.493 e. The number of benzene rings is 2. The van der Waals surface area contributed by atoms with Gasteiger partial charge in [0.1, 0.15) is 5.82 Å². The van der Waals surface area contributed by atoms with Crippen LogP contribution in [-0.2, 0) is 5.41 Å². The Labute approximate surface area is 171 Å². The lowest BCUT2D eigenvalue weighted by Gasteiger charge is -2.42. The van der Waals surface area contributed by atoms with Crippen LogP contribution in [0.15, 0.2) is 47.6 Å². The Hall–Kier alpha value is -2.60. The van der Waals surface area contributed by atoms with Gasteiger partial charge in [0, 0.05) is 23.6 Å². The molecule has 29 heavy (non-hydrogen) atoms. The molecule has 1 heterocycles. The summed E-state index contributed by atoms with van der Waals surface area (Å²) < 4.78 is 24.1. The summed E-state index contributed by atoms with van der Waals surface area (Å²) >= 11 is 0. The summed E-state index contributed by atoms with van der Waals surface area (Å²) in [5.41, 5.74) is 6.46. The Balaban J connectivity index is 1.57. The SMILES string of the molecule is COc1ccc(C23CCC(=NNc4ccc(F)cc4)CC2N(C)CC3)cc1OC. The van der Waals surface area contributed by atoms with Crippen LogP contribution in [0.5, 0.6) is 11.5 Å². The topological polar surface area (TPSA) is 46.1 Å². The van der Waals surface area contributed by atoms with Crippen LogP contribution in [0.2, 0.25) is 0 Å². The fraction of sp³-hybridized carbons (Fsp3) is 0.435. The summed E-state index contributed by atoms with van der Waals surface area (Å²) in [4.78, 5) is 2.45. The van der Waals surface area contributed by atoms with E-state index in [0.29, 0.717) is 6.04 Å². The van der Waals surface area contributed by atoms with Gasteiger partial charge >= 0.3 is 0 Å². The van der Waals surface area contributed by atoms with Crippen molar-refractivity contribution in [3.05, 3.63) is 53.8 Å². The monoisotopic (exact) mass is 397 g/mol. The molecule has 2 fully saturated rings. The zero-order valence-corrected chi connectivity index (χ0v) is 17.2. The first-order valence-electron chi connectivity index (χ1n) is 10.1. The number of methoxy groups -OCH3 is 2. The average molecular weight is 397 g/mol. The average Bonchev–Trinajstić information content (AvgIpc) is 3.10. The number of rotatable bonds is 5. The lowest BCUT2D eigenvalue weighted by atomic mass is 9.65. The Morgan fingerprint density at radius 3 is 2.55 bits per heavy atom. The number of nitrogens with zero attached hydrogens (tertiary/aromatic N) is 2. The summed E-state index contributed by atoms with van der Waals surface area (Å²) in [6.07, 6.45) is 4.02. The minimum absolute atomic E-state index is 0.100. The Bertz CT molecular complexity index is 899. The van der Waals surface area contributed by atoms with Crippen molar-refractivity contribution in [1.82, 2.24) is 4.90 Å². The van der Waals surface area contributed by atoms with E-state index >= 15 is 0 Å². The fourth-order valence-corrected chi connectivity index (χ4v) is 4.85. The summed E-state index contributed by atoms with van der Waals surface area (Å²) in [7, 11) is 5.55. The van der Waals surface area contributed by atoms with Crippen molar-refractivity contribution in [2.45, 2.75) is 37.1 Å². The zero-order chi connectivity index (χ0) is 20.4. The van der Waals surface area contributed by atoms with E-state index in [9.17, 15) is 4.39 Å². The fourth-order valence-electron chi connectivity index (χ4n) is 4.85. The number of likely N-dealkylation sites (tertiary alicyclic amines) is 1. The number of hydrogen-bond acceptors (Lipinski definition) is 5. The highest BCUT2D eigenvalue weighted by Crippen LogP contribution is 2.49. The van der Waals surface area contributed by atoms with Crippen LogP contribution in [0.3, 0.4) is 0 Å². The number of hydrogen-bond donors (Lipinski definition) is 1. The maximum atomic E-state index is 13.1. The van der Waals surface area contributed by atoms with Gasteiger partial charge in [-0.15, -0.1) is 0 Å². The molecule has 1 aliphatic carbocycles. The van der Waals surface area contributed by atoms with Gasteiger partial charge < -0.3 is 14.4 Å². The first-order valence-corrected chi connectivity index (χ1v) is 10.1. The van der Waals surface area contributed by atoms with Gasteiger partial charge in [-0.2, -0.15) is 5.10 Å². The van der Waals surface area contributed by atoms with E-state index in [1.165, 1.54) is 17.7 Å². The Morgan fingerprint density at radius 2 is 1.83 bits per heavy atom. The maximum absolute atomic E-state index is 13.1. The van der Waals surface area contributed by atoms with Crippen molar-refractivity contribution in [2.75, 3.05) is 33.2 Å². The van der Waals surface area contributed by atoms with E-state index in [1.54, 1.807) is 26.4 Å². The molecule has 0 radical (unpaired) electrons. The van der Waals surface area contributed by atoms with Gasteiger partial charge in [0.15, 0.2) is 11.5 Å². The molecule has 154 valence electrons. The summed E-state index contributed by atoms with van der Waals surface area (Å²) in [6.45, 7) is 1.07. The number of nitrogens with one attached hydrogen (secondary N) is 1. The molecule has 1 saturated carbocycles. The molecule has 1 aliphatic heterocycles. The molecule has 0 aromatic heterocycles. The van der Waals surface area contributed by atoms with Gasteiger partial charge in [-0.1, -0.05) is 6.07 Å². The zero-order valence-electron chi connectivity index (χ0n) is 17.2. The quantitative estimate of drug-likeness (QED) is 0.758. The van der Waals surface area contributed by atoms with Gasteiger partial charge in [0.25, 0.3) is 0 Å². The number of halogens is 1. The van der Waals surface area contributed by atoms with Crippen molar-refractivity contribution in [1.29, 1.82) is 0 Å². The second-order valence-electron chi connectivity index (χ2n) is 7.97. The lowest BCUT2D eigenvalue weighted by Crippen LogP contribution is -2.46. The van der Waals surface area contributed by atoms with Crippen LogP contribution < -0.4 is 14.9 Å². The molecule has 0 spiro atoms. The predicted molar refractivity (Wildman–Crippen MR) is 114 cm³/mol. The molecule has 5 nitrogen and oxygen atoms in total. The second kappa shape index (κ2) is 8.03. The van der Waals surface area contributed by atoms with E-state index in [0.717, 1.165) is 55.1 Å². The van der Waals surface area contributed by atoms with E-state index in [1.807, 2.05) is 6.07 Å². The maximum Gasteiger partial charge on any atom is 0.161 e. The summed E-state index contributed by atoms with van der Waals surface area (Å²) in [5.74, 6) is 1.30. The van der Waals surface area contributed by atoms with Gasteiger partial charge in [-0.3, -0.25) is 5.43 Å². The first kappa shape index (κ1) is 19.7. The number of likely N-dealkylation sites (N-methyl/N-ethyl adjacent to an activating group) is 1. The molecule has 1 N–H and O–H groups in total. The third-order valence-electron chi connectivity index (χ3n) is 6.52. The summed E-state index contributed by atoms with van der Waals surface area (Å²) in [5, 5.41) is 4.64. The van der Waals surface area contributed by atoms with E-state index in [-0.39, 0.29) is 11.2 Å². The number of anilines is 1. The van der Waals surface area contributed by atoms with Crippen LogP contribution in [-0.4, -0.2) is 44.5 Å². The van der Waals surface area contributed by atoms with E-state index in [2.05, 4.69) is 34.6 Å². The number of ether oxygens (including phenoxy) is 2. The normalized spacial score (nSPS) is 25.7. The third kappa shape index (κ3) is 3.69. The highest BCUT2D eigenvalue weighted by Gasteiger charge is 2.49. The molecule has 1 saturated heterocycles. The van der Waals surface area contributed by atoms with Crippen molar-refractivity contribution < 1.29 is 13.9 Å². The molecular weight excluding hydrogens is 369 g/mol. The number of fused-ring (bicyclic) bond motifs is 1. The van der Waals surface area contributed by atoms with Crippen molar-refractivity contribution >= 4 is 11.4 Å². The minimum atomic E-state index is -0.242. The van der Waals surface area contributed by atoms with Gasteiger partial charge in [-0.05, 0) is 74.8 Å². The molecule has 2 atom stereocenters. The number of hydrazone groups is 1. The molecule has 2 unspecified atom stereocenters. The highest BCUT2D eigenvalue weighted by molar-refractivity contribution is 5.87. The van der Waals surface area contributed by atoms with E-state index in [4.69, 9.17) is 9.47 Å². The first-order chi connectivity index (χ1) is 14.1. The molecule has 4 rings (SSSR count). The van der Waals surface area contributed by atoms with Crippen molar-refractivity contribution in [3.8, 4) is 11.5 Å². The molecule has 0 amide bonds. The van der Waals surface area contributed by atoms with Crippen LogP contribution >= 0.6 is 0 Å². The summed E-state index contributed by atoms with van der Waals surface area (Å²) in [6, 6.07) is 13.0. The van der Waals surface area contributed by atoms with Gasteiger partial charge in [0.2, 0.25) is 0 Å². The molecule has 2 aromatic rings. The van der Waals surface area contributed by atoms with Gasteiger partial charge in [-0.25, -0.2) is 4.39 Å². The Kier molecular flexibility index (Phi) is 5.46. The molecule has 0 bridgehead atoms. The van der Waals surface area contributed by atoms with Crippen molar-refractivity contribution in [2.24, 2.45) is 5.10 Å². The van der Waals surface area contributed by atoms with Crippen molar-refractivity contribution in [3.63, 3.8) is 0 Å². The molecule has 6 heteroatoms. The predicted octanol–water partition coefficient (Wildman–Crippen LogP) is 4.44. The van der Waals surface area contributed by atoms with Crippen LogP contribution in [0.1, 0.15) is 31.2 Å². The van der Waals surface area contributed by atoms with Gasteiger partial charge in [0.05, 0.1) is 19.9 Å². The van der Waals surface area contributed by atoms with E-state index < -0.39 is 0 Å². The highest BCUT2D eigenvalue weighted by atomic mass is 19.1. The third-order valence-corrected chi connectivity index (χ3v) is 6.52. The molecule has 2 aliphatic rings. The lowest BCUT2D eigenvalue weighted by molar-refractivity contribution is 0.226. The van der Waals surface area contributed by atoms with Crippen LogP contribution in [0.25, 0.3) is 0 Å². The standard InChI is InChI=1S/C23H28FN3O2/c1-27-13-12-23(16-4-9-20(28-2)21(14-16)29-3)11-10-19(15-22(23)27)26-25-18-7-5-17(24)6-8-18/h4-9,14,22,25H,10-13,15H2,1-3H3. The second-order valence-corrected chi connectivity index (χ2v) is 7.97. The molecule has 2 aromatic carbocycles. The smallest absolute Gasteiger partial charge is 0.161 e. The van der Waals surface area contributed by atoms with Crippen LogP contribution in [0.4, 0.5) is 10.1 Å². The molecular formula is C23H28FN3O2.